The number of carbonyl (C=O) groups excluding carboxylic acids is 1. The standard InChI is InChI=1S/C14H13IN4O5/c15-9-1-3-11(4-2-9)23-8-13(20)16-10-5-18-6-12(19(21)22)17-14(18)24-7-10/h1-4,6,10H,5,7-8H2,(H,16,20)/t10-/m0/s1. The highest BCUT2D eigenvalue weighted by Crippen LogP contribution is 2.21. The van der Waals surface area contributed by atoms with Gasteiger partial charge < -0.3 is 24.9 Å². The SMILES string of the molecule is O=C(COc1ccc(I)cc1)N[C@@H]1COc2nc([N+](=O)[O-])cn2C1. The molecule has 24 heavy (non-hydrogen) atoms. The number of nitro groups is 1. The zero-order valence-electron chi connectivity index (χ0n) is 12.3. The maximum Gasteiger partial charge on any atom is 0.414 e. The van der Waals surface area contributed by atoms with E-state index >= 15 is 0 Å². The van der Waals surface area contributed by atoms with Crippen molar-refractivity contribution in [1.29, 1.82) is 0 Å². The fraction of sp³-hybridized carbons (Fsp3) is 0.286. The molecule has 2 heterocycles. The van der Waals surface area contributed by atoms with Crippen LogP contribution in [-0.2, 0) is 11.3 Å². The Kier molecular flexibility index (Phi) is 4.83. The fourth-order valence-corrected chi connectivity index (χ4v) is 2.58. The number of rotatable bonds is 5. The molecule has 3 rings (SSSR count). The molecule has 1 amide bonds. The molecule has 0 spiro atoms. The van der Waals surface area contributed by atoms with Crippen molar-refractivity contribution in [3.63, 3.8) is 0 Å². The Morgan fingerprint density at radius 3 is 2.96 bits per heavy atom. The topological polar surface area (TPSA) is 109 Å². The van der Waals surface area contributed by atoms with Crippen molar-refractivity contribution < 1.29 is 19.2 Å². The molecule has 1 aliphatic rings. The molecular formula is C14H13IN4O5. The first-order valence-corrected chi connectivity index (χ1v) is 8.11. The van der Waals surface area contributed by atoms with E-state index in [4.69, 9.17) is 9.47 Å². The molecule has 1 aliphatic heterocycles. The van der Waals surface area contributed by atoms with E-state index in [-0.39, 0.29) is 37.0 Å². The summed E-state index contributed by atoms with van der Waals surface area (Å²) in [5.41, 5.74) is 0. The second-order valence-electron chi connectivity index (χ2n) is 5.11. The van der Waals surface area contributed by atoms with Crippen molar-refractivity contribution in [3.8, 4) is 11.8 Å². The van der Waals surface area contributed by atoms with Crippen LogP contribution in [0.1, 0.15) is 0 Å². The molecule has 0 saturated heterocycles. The average Bonchev–Trinajstić information content (AvgIpc) is 2.98. The predicted molar refractivity (Wildman–Crippen MR) is 91.0 cm³/mol. The number of ether oxygens (including phenoxy) is 2. The molecule has 9 nitrogen and oxygen atoms in total. The van der Waals surface area contributed by atoms with Crippen molar-refractivity contribution in [2.24, 2.45) is 0 Å². The number of nitrogens with one attached hydrogen (secondary N) is 1. The molecule has 126 valence electrons. The van der Waals surface area contributed by atoms with Gasteiger partial charge in [0, 0.05) is 8.55 Å². The first kappa shape index (κ1) is 16.5. The Morgan fingerprint density at radius 2 is 2.25 bits per heavy atom. The molecule has 2 aromatic rings. The Hall–Kier alpha value is -2.37. The van der Waals surface area contributed by atoms with Crippen molar-refractivity contribution in [1.82, 2.24) is 14.9 Å². The van der Waals surface area contributed by atoms with Crippen LogP contribution in [0, 0.1) is 13.7 Å². The fourth-order valence-electron chi connectivity index (χ4n) is 2.22. The van der Waals surface area contributed by atoms with Gasteiger partial charge in [0.15, 0.2) is 6.61 Å². The number of aromatic nitrogens is 2. The van der Waals surface area contributed by atoms with Crippen LogP contribution in [0.15, 0.2) is 30.5 Å². The van der Waals surface area contributed by atoms with Gasteiger partial charge in [-0.25, -0.2) is 0 Å². The summed E-state index contributed by atoms with van der Waals surface area (Å²) in [6.07, 6.45) is 1.29. The van der Waals surface area contributed by atoms with Crippen LogP contribution in [0.25, 0.3) is 0 Å². The van der Waals surface area contributed by atoms with E-state index in [0.717, 1.165) is 3.57 Å². The first-order valence-electron chi connectivity index (χ1n) is 7.03. The number of imidazole rings is 1. The molecule has 0 unspecified atom stereocenters. The van der Waals surface area contributed by atoms with Gasteiger partial charge >= 0.3 is 11.8 Å². The molecule has 1 aromatic carbocycles. The van der Waals surface area contributed by atoms with Crippen LogP contribution in [0.5, 0.6) is 11.8 Å². The van der Waals surface area contributed by atoms with E-state index in [0.29, 0.717) is 12.3 Å². The molecule has 0 bridgehead atoms. The van der Waals surface area contributed by atoms with Crippen LogP contribution in [0.2, 0.25) is 0 Å². The number of amides is 1. The van der Waals surface area contributed by atoms with Gasteiger partial charge in [-0.1, -0.05) is 0 Å². The molecule has 1 aromatic heterocycles. The number of nitrogens with zero attached hydrogens (tertiary/aromatic N) is 3. The van der Waals surface area contributed by atoms with Crippen molar-refractivity contribution >= 4 is 34.3 Å². The number of hydrogen-bond donors (Lipinski definition) is 1. The minimum Gasteiger partial charge on any atom is -0.484 e. The lowest BCUT2D eigenvalue weighted by molar-refractivity contribution is -0.389. The molecule has 1 atom stereocenters. The van der Waals surface area contributed by atoms with Crippen LogP contribution in [0.4, 0.5) is 5.82 Å². The molecular weight excluding hydrogens is 431 g/mol. The van der Waals surface area contributed by atoms with Crippen LogP contribution < -0.4 is 14.8 Å². The van der Waals surface area contributed by atoms with Crippen molar-refractivity contribution in [2.45, 2.75) is 12.6 Å². The second kappa shape index (κ2) is 7.03. The maximum atomic E-state index is 12.0. The lowest BCUT2D eigenvalue weighted by atomic mass is 10.3. The zero-order valence-corrected chi connectivity index (χ0v) is 14.5. The van der Waals surface area contributed by atoms with Gasteiger partial charge in [0.2, 0.25) is 0 Å². The largest absolute Gasteiger partial charge is 0.484 e. The van der Waals surface area contributed by atoms with E-state index in [2.05, 4.69) is 32.9 Å². The van der Waals surface area contributed by atoms with Crippen molar-refractivity contribution in [2.75, 3.05) is 13.2 Å². The lowest BCUT2D eigenvalue weighted by Gasteiger charge is -2.23. The third kappa shape index (κ3) is 3.93. The Bertz CT molecular complexity index is 761. The summed E-state index contributed by atoms with van der Waals surface area (Å²) in [5, 5.41) is 13.5. The molecule has 0 saturated carbocycles. The molecule has 10 heteroatoms. The van der Waals surface area contributed by atoms with Gasteiger partial charge in [-0.05, 0) is 51.8 Å². The van der Waals surface area contributed by atoms with Crippen LogP contribution >= 0.6 is 22.6 Å². The summed E-state index contributed by atoms with van der Waals surface area (Å²) in [7, 11) is 0. The Labute approximate surface area is 150 Å². The van der Waals surface area contributed by atoms with E-state index < -0.39 is 4.92 Å². The number of halogens is 1. The molecule has 0 radical (unpaired) electrons. The van der Waals surface area contributed by atoms with Gasteiger partial charge in [0.05, 0.1) is 12.6 Å². The molecule has 0 aliphatic carbocycles. The number of benzene rings is 1. The number of fused-ring (bicyclic) bond motifs is 1. The lowest BCUT2D eigenvalue weighted by Crippen LogP contribution is -2.46. The van der Waals surface area contributed by atoms with E-state index in [1.54, 1.807) is 12.1 Å². The van der Waals surface area contributed by atoms with Gasteiger partial charge in [-0.2, -0.15) is 0 Å². The maximum absolute atomic E-state index is 12.0. The third-order valence-corrected chi connectivity index (χ3v) is 4.01. The van der Waals surface area contributed by atoms with Crippen LogP contribution in [-0.4, -0.2) is 39.6 Å². The Balaban J connectivity index is 1.51. The van der Waals surface area contributed by atoms with Gasteiger partial charge in [-0.3, -0.25) is 9.36 Å². The zero-order chi connectivity index (χ0) is 17.1. The second-order valence-corrected chi connectivity index (χ2v) is 6.35. The van der Waals surface area contributed by atoms with Gasteiger partial charge in [0.25, 0.3) is 5.91 Å². The van der Waals surface area contributed by atoms with E-state index in [1.165, 1.54) is 10.8 Å². The predicted octanol–water partition coefficient (Wildman–Crippen LogP) is 1.35. The normalized spacial score (nSPS) is 16.0. The summed E-state index contributed by atoms with van der Waals surface area (Å²) in [6.45, 7) is 0.433. The quantitative estimate of drug-likeness (QED) is 0.424. The van der Waals surface area contributed by atoms with E-state index in [1.807, 2.05) is 12.1 Å². The summed E-state index contributed by atoms with van der Waals surface area (Å²) in [4.78, 5) is 25.8. The van der Waals surface area contributed by atoms with E-state index in [9.17, 15) is 14.9 Å². The Morgan fingerprint density at radius 1 is 1.50 bits per heavy atom. The highest BCUT2D eigenvalue weighted by molar-refractivity contribution is 14.1. The highest BCUT2D eigenvalue weighted by Gasteiger charge is 2.28. The minimum absolute atomic E-state index is 0.117. The summed E-state index contributed by atoms with van der Waals surface area (Å²) < 4.78 is 13.3. The number of hydrogen-bond acceptors (Lipinski definition) is 6. The van der Waals surface area contributed by atoms with Gasteiger partial charge in [-0.15, -0.1) is 0 Å². The average molecular weight is 444 g/mol. The monoisotopic (exact) mass is 444 g/mol. The highest BCUT2D eigenvalue weighted by atomic mass is 127. The summed E-state index contributed by atoms with van der Waals surface area (Å²) in [6, 6.07) is 7.22. The van der Waals surface area contributed by atoms with Crippen LogP contribution in [0.3, 0.4) is 0 Å². The smallest absolute Gasteiger partial charge is 0.414 e. The molecule has 0 fully saturated rings. The van der Waals surface area contributed by atoms with Gasteiger partial charge in [0.1, 0.15) is 18.6 Å². The third-order valence-electron chi connectivity index (χ3n) is 3.29. The minimum atomic E-state index is -0.586. The molecule has 1 N–H and O–H groups in total. The summed E-state index contributed by atoms with van der Waals surface area (Å²) >= 11 is 2.18. The van der Waals surface area contributed by atoms with Crippen molar-refractivity contribution in [3.05, 3.63) is 44.1 Å². The first-order chi connectivity index (χ1) is 11.5. The number of carbonyl (C=O) groups is 1. The summed E-state index contributed by atoms with van der Waals surface area (Å²) in [5.74, 6) is 0.0391.